The molecule has 6 heteroatoms. The standard InChI is InChI=1S/C25H35NO5/c1-2-3-4-5-6-7-8-9-22-10-14-24(15-11-22)30-20-18-29-19-21-31-25-16-12-23(13-17-25)26(27)28/h10-17H,2-9,18-21H2,1H3. The van der Waals surface area contributed by atoms with Crippen molar-refractivity contribution in [2.45, 2.75) is 58.3 Å². The van der Waals surface area contributed by atoms with Gasteiger partial charge in [-0.1, -0.05) is 57.6 Å². The number of non-ortho nitro benzene ring substituents is 1. The van der Waals surface area contributed by atoms with E-state index in [1.54, 1.807) is 12.1 Å². The molecule has 0 atom stereocenters. The van der Waals surface area contributed by atoms with Gasteiger partial charge in [-0.25, -0.2) is 0 Å². The molecular formula is C25H35NO5. The highest BCUT2D eigenvalue weighted by atomic mass is 16.6. The first-order chi connectivity index (χ1) is 15.2. The van der Waals surface area contributed by atoms with Gasteiger partial charge in [0.05, 0.1) is 18.1 Å². The van der Waals surface area contributed by atoms with Gasteiger partial charge in [-0.2, -0.15) is 0 Å². The van der Waals surface area contributed by atoms with Gasteiger partial charge in [0.15, 0.2) is 0 Å². The zero-order valence-corrected chi connectivity index (χ0v) is 18.6. The van der Waals surface area contributed by atoms with Crippen LogP contribution in [0.15, 0.2) is 48.5 Å². The fourth-order valence-electron chi connectivity index (χ4n) is 3.24. The van der Waals surface area contributed by atoms with Gasteiger partial charge in [0.25, 0.3) is 5.69 Å². The van der Waals surface area contributed by atoms with E-state index < -0.39 is 4.92 Å². The molecule has 0 N–H and O–H groups in total. The van der Waals surface area contributed by atoms with E-state index in [2.05, 4.69) is 19.1 Å². The van der Waals surface area contributed by atoms with Crippen molar-refractivity contribution in [3.63, 3.8) is 0 Å². The molecule has 0 aliphatic rings. The van der Waals surface area contributed by atoms with E-state index in [1.807, 2.05) is 12.1 Å². The summed E-state index contributed by atoms with van der Waals surface area (Å²) in [6.45, 7) is 4.02. The lowest BCUT2D eigenvalue weighted by Crippen LogP contribution is -2.12. The van der Waals surface area contributed by atoms with E-state index in [4.69, 9.17) is 14.2 Å². The SMILES string of the molecule is CCCCCCCCCc1ccc(OCCOCCOc2ccc([N+](=O)[O-])cc2)cc1. The fourth-order valence-corrected chi connectivity index (χ4v) is 3.24. The molecule has 0 saturated heterocycles. The maximum absolute atomic E-state index is 10.6. The molecule has 0 aliphatic heterocycles. The molecule has 2 aromatic carbocycles. The largest absolute Gasteiger partial charge is 0.491 e. The number of rotatable bonds is 17. The van der Waals surface area contributed by atoms with Gasteiger partial charge in [-0.3, -0.25) is 10.1 Å². The molecule has 170 valence electrons. The smallest absolute Gasteiger partial charge is 0.269 e. The highest BCUT2D eigenvalue weighted by Crippen LogP contribution is 2.17. The zero-order valence-electron chi connectivity index (χ0n) is 18.6. The highest BCUT2D eigenvalue weighted by molar-refractivity contribution is 5.35. The van der Waals surface area contributed by atoms with Crippen LogP contribution in [0, 0.1) is 10.1 Å². The molecular weight excluding hydrogens is 394 g/mol. The molecule has 0 aliphatic carbocycles. The van der Waals surface area contributed by atoms with Crippen LogP contribution in [0.2, 0.25) is 0 Å². The molecule has 0 spiro atoms. The van der Waals surface area contributed by atoms with Crippen LogP contribution in [-0.2, 0) is 11.2 Å². The fraction of sp³-hybridized carbons (Fsp3) is 0.520. The Morgan fingerprint density at radius 3 is 1.77 bits per heavy atom. The highest BCUT2D eigenvalue weighted by Gasteiger charge is 2.04. The van der Waals surface area contributed by atoms with E-state index in [0.717, 1.165) is 12.2 Å². The van der Waals surface area contributed by atoms with Crippen LogP contribution in [0.1, 0.15) is 57.4 Å². The number of ether oxygens (including phenoxy) is 3. The Bertz CT molecular complexity index is 731. The van der Waals surface area contributed by atoms with Crippen molar-refractivity contribution in [2.24, 2.45) is 0 Å². The monoisotopic (exact) mass is 429 g/mol. The maximum atomic E-state index is 10.6. The summed E-state index contributed by atoms with van der Waals surface area (Å²) in [6, 6.07) is 14.3. The van der Waals surface area contributed by atoms with Crippen molar-refractivity contribution >= 4 is 5.69 Å². The van der Waals surface area contributed by atoms with Crippen LogP contribution in [0.4, 0.5) is 5.69 Å². The van der Waals surface area contributed by atoms with Crippen molar-refractivity contribution < 1.29 is 19.1 Å². The van der Waals surface area contributed by atoms with Crippen molar-refractivity contribution in [1.82, 2.24) is 0 Å². The van der Waals surface area contributed by atoms with Crippen molar-refractivity contribution in [3.8, 4) is 11.5 Å². The second-order valence-electron chi connectivity index (χ2n) is 7.58. The van der Waals surface area contributed by atoms with E-state index in [-0.39, 0.29) is 5.69 Å². The van der Waals surface area contributed by atoms with Gasteiger partial charge < -0.3 is 14.2 Å². The van der Waals surface area contributed by atoms with Crippen LogP contribution in [0.5, 0.6) is 11.5 Å². The lowest BCUT2D eigenvalue weighted by Gasteiger charge is -2.09. The normalized spacial score (nSPS) is 10.7. The lowest BCUT2D eigenvalue weighted by atomic mass is 10.0. The van der Waals surface area contributed by atoms with Crippen LogP contribution in [0.25, 0.3) is 0 Å². The van der Waals surface area contributed by atoms with Gasteiger partial charge in [-0.05, 0) is 42.7 Å². The molecule has 0 fully saturated rings. The zero-order chi connectivity index (χ0) is 22.2. The summed E-state index contributed by atoms with van der Waals surface area (Å²) < 4.78 is 16.7. The Morgan fingerprint density at radius 1 is 0.710 bits per heavy atom. The van der Waals surface area contributed by atoms with Gasteiger partial charge in [0.1, 0.15) is 24.7 Å². The quantitative estimate of drug-likeness (QED) is 0.166. The topological polar surface area (TPSA) is 70.8 Å². The summed E-state index contributed by atoms with van der Waals surface area (Å²) in [5, 5.41) is 10.6. The molecule has 2 rings (SSSR count). The van der Waals surface area contributed by atoms with Gasteiger partial charge in [0.2, 0.25) is 0 Å². The average Bonchev–Trinajstić information content (AvgIpc) is 2.79. The van der Waals surface area contributed by atoms with Crippen molar-refractivity contribution in [1.29, 1.82) is 0 Å². The molecule has 6 nitrogen and oxygen atoms in total. The average molecular weight is 430 g/mol. The van der Waals surface area contributed by atoms with E-state index in [1.165, 1.54) is 62.6 Å². The second-order valence-corrected chi connectivity index (χ2v) is 7.58. The predicted molar refractivity (Wildman–Crippen MR) is 123 cm³/mol. The Labute approximate surface area is 185 Å². The van der Waals surface area contributed by atoms with Crippen molar-refractivity contribution in [2.75, 3.05) is 26.4 Å². The number of nitro groups is 1. The third kappa shape index (κ3) is 10.8. The molecule has 2 aromatic rings. The number of unbranched alkanes of at least 4 members (excludes halogenated alkanes) is 6. The number of aryl methyl sites for hydroxylation is 1. The Kier molecular flexibility index (Phi) is 12.1. The van der Waals surface area contributed by atoms with Crippen LogP contribution in [-0.4, -0.2) is 31.4 Å². The molecule has 0 aromatic heterocycles. The molecule has 0 saturated carbocycles. The van der Waals surface area contributed by atoms with Gasteiger partial charge >= 0.3 is 0 Å². The Balaban J connectivity index is 1.48. The molecule has 0 radical (unpaired) electrons. The molecule has 31 heavy (non-hydrogen) atoms. The van der Waals surface area contributed by atoms with E-state index in [0.29, 0.717) is 32.2 Å². The minimum absolute atomic E-state index is 0.0478. The number of benzene rings is 2. The summed E-state index contributed by atoms with van der Waals surface area (Å²) in [5.41, 5.74) is 1.41. The molecule has 0 heterocycles. The van der Waals surface area contributed by atoms with Gasteiger partial charge in [0, 0.05) is 12.1 Å². The first-order valence-electron chi connectivity index (χ1n) is 11.4. The second kappa shape index (κ2) is 15.2. The summed E-state index contributed by atoms with van der Waals surface area (Å²) in [6.07, 6.45) is 10.5. The summed E-state index contributed by atoms with van der Waals surface area (Å²) in [4.78, 5) is 10.2. The molecule has 0 unspecified atom stereocenters. The van der Waals surface area contributed by atoms with Crippen LogP contribution >= 0.6 is 0 Å². The van der Waals surface area contributed by atoms with Crippen LogP contribution < -0.4 is 9.47 Å². The number of hydrogen-bond donors (Lipinski definition) is 0. The number of nitro benzene ring substituents is 1. The lowest BCUT2D eigenvalue weighted by molar-refractivity contribution is -0.384. The molecule has 0 amide bonds. The first-order valence-corrected chi connectivity index (χ1v) is 11.4. The Morgan fingerprint density at radius 2 is 1.23 bits per heavy atom. The third-order valence-corrected chi connectivity index (χ3v) is 5.03. The van der Waals surface area contributed by atoms with Gasteiger partial charge in [-0.15, -0.1) is 0 Å². The van der Waals surface area contributed by atoms with Crippen LogP contribution in [0.3, 0.4) is 0 Å². The van der Waals surface area contributed by atoms with Crippen molar-refractivity contribution in [3.05, 3.63) is 64.2 Å². The number of nitrogens with zero attached hydrogens (tertiary/aromatic N) is 1. The number of hydrogen-bond acceptors (Lipinski definition) is 5. The minimum atomic E-state index is -0.434. The van der Waals surface area contributed by atoms with E-state index >= 15 is 0 Å². The minimum Gasteiger partial charge on any atom is -0.491 e. The third-order valence-electron chi connectivity index (χ3n) is 5.03. The first kappa shape index (κ1) is 24.7. The Hall–Kier alpha value is -2.60. The maximum Gasteiger partial charge on any atom is 0.269 e. The summed E-state index contributed by atoms with van der Waals surface area (Å²) in [5.74, 6) is 1.44. The summed E-state index contributed by atoms with van der Waals surface area (Å²) >= 11 is 0. The summed E-state index contributed by atoms with van der Waals surface area (Å²) in [7, 11) is 0. The predicted octanol–water partition coefficient (Wildman–Crippen LogP) is 6.36. The van der Waals surface area contributed by atoms with E-state index in [9.17, 15) is 10.1 Å². The molecule has 0 bridgehead atoms.